The zero-order valence-corrected chi connectivity index (χ0v) is 13.9. The van der Waals surface area contributed by atoms with E-state index in [-0.39, 0.29) is 11.8 Å². The van der Waals surface area contributed by atoms with Gasteiger partial charge in [0.25, 0.3) is 0 Å². The number of carbonyl (C=O) groups is 1. The van der Waals surface area contributed by atoms with Crippen molar-refractivity contribution in [2.24, 2.45) is 5.92 Å². The minimum absolute atomic E-state index is 0.0355. The molecule has 2 aliphatic rings. The number of ether oxygens (including phenoxy) is 1. The Kier molecular flexibility index (Phi) is 4.05. The van der Waals surface area contributed by atoms with E-state index in [1.165, 1.54) is 0 Å². The summed E-state index contributed by atoms with van der Waals surface area (Å²) in [5.74, 6) is 1.94. The molecule has 24 heavy (non-hydrogen) atoms. The van der Waals surface area contributed by atoms with Gasteiger partial charge in [-0.2, -0.15) is 4.52 Å². The molecule has 1 amide bonds. The molecule has 2 saturated heterocycles. The van der Waals surface area contributed by atoms with Crippen molar-refractivity contribution in [1.29, 1.82) is 0 Å². The number of aromatic nitrogens is 4. The van der Waals surface area contributed by atoms with Crippen LogP contribution >= 0.6 is 0 Å². The van der Waals surface area contributed by atoms with E-state index in [2.05, 4.69) is 20.0 Å². The third-order valence-electron chi connectivity index (χ3n) is 4.76. The zero-order chi connectivity index (χ0) is 16.5. The maximum Gasteiger partial charge on any atom is 0.228 e. The van der Waals surface area contributed by atoms with Crippen LogP contribution in [0.5, 0.6) is 0 Å². The first-order valence-electron chi connectivity index (χ1n) is 8.51. The van der Waals surface area contributed by atoms with Crippen LogP contribution in [0.2, 0.25) is 0 Å². The van der Waals surface area contributed by atoms with Crippen LogP contribution in [0.1, 0.15) is 18.7 Å². The number of hydrogen-bond donors (Lipinski definition) is 0. The second-order valence-corrected chi connectivity index (χ2v) is 6.42. The molecule has 2 aromatic rings. The Balaban J connectivity index is 1.44. The fraction of sp³-hybridized carbons (Fsp3) is 0.625. The number of aryl methyl sites for hydroxylation is 1. The van der Waals surface area contributed by atoms with Crippen molar-refractivity contribution in [1.82, 2.24) is 24.5 Å². The highest BCUT2D eigenvalue weighted by molar-refractivity contribution is 5.79. The van der Waals surface area contributed by atoms with Gasteiger partial charge in [0.1, 0.15) is 5.82 Å². The molecule has 8 nitrogen and oxygen atoms in total. The first-order valence-corrected chi connectivity index (χ1v) is 8.51. The lowest BCUT2D eigenvalue weighted by molar-refractivity contribution is -0.140. The monoisotopic (exact) mass is 330 g/mol. The maximum atomic E-state index is 12.6. The van der Waals surface area contributed by atoms with Crippen molar-refractivity contribution in [3.05, 3.63) is 18.2 Å². The maximum absolute atomic E-state index is 12.6. The SMILES string of the molecule is Cc1nc2cncc(N3CCN(C(=O)[C@H]4CCCOC4)CC3)n2n1. The molecule has 0 unspecified atom stereocenters. The lowest BCUT2D eigenvalue weighted by Crippen LogP contribution is -2.51. The third kappa shape index (κ3) is 2.82. The van der Waals surface area contributed by atoms with Gasteiger partial charge in [-0.05, 0) is 19.8 Å². The standard InChI is InChI=1S/C16H22N6O2/c1-12-18-14-9-17-10-15(22(14)19-12)20-4-6-21(7-5-20)16(23)13-3-2-8-24-11-13/h9-10,13H,2-8,11H2,1H3/t13-/m0/s1. The average Bonchev–Trinajstić information content (AvgIpc) is 3.02. The van der Waals surface area contributed by atoms with Crippen LogP contribution in [-0.4, -0.2) is 69.8 Å². The van der Waals surface area contributed by atoms with Crippen LogP contribution in [0, 0.1) is 12.8 Å². The normalized spacial score (nSPS) is 22.1. The Morgan fingerprint density at radius 3 is 2.83 bits per heavy atom. The van der Waals surface area contributed by atoms with Crippen LogP contribution in [0.15, 0.2) is 12.4 Å². The number of fused-ring (bicyclic) bond motifs is 1. The van der Waals surface area contributed by atoms with Crippen LogP contribution in [0.25, 0.3) is 5.65 Å². The summed E-state index contributed by atoms with van der Waals surface area (Å²) in [7, 11) is 0. The van der Waals surface area contributed by atoms with E-state index in [1.54, 1.807) is 6.20 Å². The number of carbonyl (C=O) groups excluding carboxylic acids is 1. The summed E-state index contributed by atoms with van der Waals surface area (Å²) in [5.41, 5.74) is 0.753. The number of anilines is 1. The summed E-state index contributed by atoms with van der Waals surface area (Å²) in [5, 5.41) is 4.44. The molecule has 0 spiro atoms. The molecule has 4 rings (SSSR count). The molecular formula is C16H22N6O2. The van der Waals surface area contributed by atoms with Gasteiger partial charge in [0.05, 0.1) is 24.9 Å². The second-order valence-electron chi connectivity index (χ2n) is 6.42. The second kappa shape index (κ2) is 6.35. The number of piperazine rings is 1. The Morgan fingerprint density at radius 2 is 2.08 bits per heavy atom. The number of rotatable bonds is 2. The van der Waals surface area contributed by atoms with Gasteiger partial charge in [-0.25, -0.2) is 4.98 Å². The Bertz CT molecular complexity index is 731. The van der Waals surface area contributed by atoms with Crippen LogP contribution in [-0.2, 0) is 9.53 Å². The summed E-state index contributed by atoms with van der Waals surface area (Å²) in [4.78, 5) is 25.4. The molecule has 2 fully saturated rings. The van der Waals surface area contributed by atoms with Crippen molar-refractivity contribution >= 4 is 17.4 Å². The van der Waals surface area contributed by atoms with Crippen LogP contribution < -0.4 is 4.90 Å². The molecule has 0 aromatic carbocycles. The Morgan fingerprint density at radius 1 is 1.25 bits per heavy atom. The van der Waals surface area contributed by atoms with Gasteiger partial charge in [0.15, 0.2) is 11.5 Å². The van der Waals surface area contributed by atoms with Crippen molar-refractivity contribution in [3.63, 3.8) is 0 Å². The molecule has 1 atom stereocenters. The molecule has 0 bridgehead atoms. The van der Waals surface area contributed by atoms with E-state index in [0.29, 0.717) is 6.61 Å². The van der Waals surface area contributed by atoms with Crippen LogP contribution in [0.3, 0.4) is 0 Å². The molecule has 0 aliphatic carbocycles. The van der Waals surface area contributed by atoms with Crippen molar-refractivity contribution in [3.8, 4) is 0 Å². The summed E-state index contributed by atoms with van der Waals surface area (Å²) < 4.78 is 7.28. The molecule has 8 heteroatoms. The first kappa shape index (κ1) is 15.3. The fourth-order valence-electron chi connectivity index (χ4n) is 3.47. The minimum atomic E-state index is 0.0355. The predicted octanol–water partition coefficient (Wildman–Crippen LogP) is 0.508. The predicted molar refractivity (Wildman–Crippen MR) is 87.9 cm³/mol. The van der Waals surface area contributed by atoms with Gasteiger partial charge in [0.2, 0.25) is 5.91 Å². The lowest BCUT2D eigenvalue weighted by Gasteiger charge is -2.37. The summed E-state index contributed by atoms with van der Waals surface area (Å²) >= 11 is 0. The molecule has 4 heterocycles. The molecule has 128 valence electrons. The van der Waals surface area contributed by atoms with Gasteiger partial charge in [-0.15, -0.1) is 5.10 Å². The Labute approximate surface area is 140 Å². The quantitative estimate of drug-likeness (QED) is 0.798. The van der Waals surface area contributed by atoms with Gasteiger partial charge in [-0.1, -0.05) is 0 Å². The van der Waals surface area contributed by atoms with E-state index in [4.69, 9.17) is 4.74 Å². The van der Waals surface area contributed by atoms with Gasteiger partial charge in [-0.3, -0.25) is 9.78 Å². The van der Waals surface area contributed by atoms with E-state index < -0.39 is 0 Å². The topological polar surface area (TPSA) is 75.9 Å². The largest absolute Gasteiger partial charge is 0.381 e. The minimum Gasteiger partial charge on any atom is -0.381 e. The summed E-state index contributed by atoms with van der Waals surface area (Å²) in [6.45, 7) is 6.23. The lowest BCUT2D eigenvalue weighted by atomic mass is 10.0. The molecule has 2 aliphatic heterocycles. The van der Waals surface area contributed by atoms with Gasteiger partial charge in [0, 0.05) is 32.8 Å². The molecule has 2 aromatic heterocycles. The highest BCUT2D eigenvalue weighted by Crippen LogP contribution is 2.20. The fourth-order valence-corrected chi connectivity index (χ4v) is 3.47. The van der Waals surface area contributed by atoms with E-state index >= 15 is 0 Å². The highest BCUT2D eigenvalue weighted by atomic mass is 16.5. The van der Waals surface area contributed by atoms with Gasteiger partial charge >= 0.3 is 0 Å². The number of amides is 1. The molecular weight excluding hydrogens is 308 g/mol. The molecule has 0 saturated carbocycles. The van der Waals surface area contributed by atoms with Gasteiger partial charge < -0.3 is 14.5 Å². The van der Waals surface area contributed by atoms with Crippen molar-refractivity contribution in [2.45, 2.75) is 19.8 Å². The van der Waals surface area contributed by atoms with Crippen molar-refractivity contribution < 1.29 is 9.53 Å². The van der Waals surface area contributed by atoms with E-state index in [1.807, 2.05) is 22.5 Å². The smallest absolute Gasteiger partial charge is 0.228 e. The number of nitrogens with zero attached hydrogens (tertiary/aromatic N) is 6. The van der Waals surface area contributed by atoms with Crippen LogP contribution in [0.4, 0.5) is 5.82 Å². The first-order chi connectivity index (χ1) is 11.7. The van der Waals surface area contributed by atoms with E-state index in [0.717, 1.165) is 62.9 Å². The summed E-state index contributed by atoms with van der Waals surface area (Å²) in [6, 6.07) is 0. The summed E-state index contributed by atoms with van der Waals surface area (Å²) in [6.07, 6.45) is 5.45. The van der Waals surface area contributed by atoms with E-state index in [9.17, 15) is 4.79 Å². The zero-order valence-electron chi connectivity index (χ0n) is 13.9. The Hall–Kier alpha value is -2.22. The van der Waals surface area contributed by atoms with Crippen molar-refractivity contribution in [2.75, 3.05) is 44.3 Å². The highest BCUT2D eigenvalue weighted by Gasteiger charge is 2.29. The molecule has 0 N–H and O–H groups in total. The number of hydrogen-bond acceptors (Lipinski definition) is 6. The average molecular weight is 330 g/mol. The molecule has 0 radical (unpaired) electrons. The third-order valence-corrected chi connectivity index (χ3v) is 4.76.